The van der Waals surface area contributed by atoms with E-state index in [1.807, 2.05) is 33.0 Å². The van der Waals surface area contributed by atoms with Crippen molar-refractivity contribution in [1.29, 1.82) is 0 Å². The van der Waals surface area contributed by atoms with Crippen LogP contribution in [0.3, 0.4) is 0 Å². The molecule has 0 amide bonds. The number of fused-ring (bicyclic) bond motifs is 1. The van der Waals surface area contributed by atoms with Gasteiger partial charge in [0.2, 0.25) is 0 Å². The maximum atomic E-state index is 6.31. The lowest BCUT2D eigenvalue weighted by Crippen LogP contribution is -2.17. The molecule has 2 nitrogen and oxygen atoms in total. The predicted octanol–water partition coefficient (Wildman–Crippen LogP) is 6.94. The number of allylic oxidation sites excluding steroid dienone is 4. The maximum Gasteiger partial charge on any atom is 0.141 e. The highest BCUT2D eigenvalue weighted by Gasteiger charge is 2.21. The zero-order valence-electron chi connectivity index (χ0n) is 16.2. The fraction of sp³-hybridized carbons (Fsp3) is 0.304. The highest BCUT2D eigenvalue weighted by atomic mass is 16.3. The Labute approximate surface area is 151 Å². The van der Waals surface area contributed by atoms with Gasteiger partial charge in [0, 0.05) is 16.5 Å². The minimum absolute atomic E-state index is 0.131. The fourth-order valence-electron chi connectivity index (χ4n) is 3.13. The number of dihydropyridines is 1. The predicted molar refractivity (Wildman–Crippen MR) is 110 cm³/mol. The molecule has 0 spiro atoms. The molecule has 2 heteroatoms. The first kappa shape index (κ1) is 18.9. The molecular weight excluding hydrogens is 306 g/mol. The molecule has 3 rings (SSSR count). The van der Waals surface area contributed by atoms with Crippen LogP contribution in [0.15, 0.2) is 53.1 Å². The minimum atomic E-state index is 0.131. The summed E-state index contributed by atoms with van der Waals surface area (Å²) >= 11 is 0. The molecule has 1 aromatic carbocycles. The molecule has 1 aliphatic heterocycles. The summed E-state index contributed by atoms with van der Waals surface area (Å²) in [5, 5.41) is 4.56. The SMILES string of the molecule is C=Cc1c(/C(C)=C\C)oc2c(C3C=C(C)C=CN3)c(C)ccc12.CC. The molecule has 2 heterocycles. The van der Waals surface area contributed by atoms with Gasteiger partial charge in [0.15, 0.2) is 0 Å². The summed E-state index contributed by atoms with van der Waals surface area (Å²) in [6, 6.07) is 4.43. The monoisotopic (exact) mass is 335 g/mol. The molecule has 1 aromatic heterocycles. The van der Waals surface area contributed by atoms with E-state index in [1.165, 1.54) is 16.7 Å². The number of furan rings is 1. The van der Waals surface area contributed by atoms with Crippen LogP contribution in [0.4, 0.5) is 0 Å². The summed E-state index contributed by atoms with van der Waals surface area (Å²) in [7, 11) is 0. The third kappa shape index (κ3) is 3.48. The van der Waals surface area contributed by atoms with Crippen molar-refractivity contribution < 1.29 is 4.42 Å². The van der Waals surface area contributed by atoms with E-state index in [0.717, 1.165) is 27.9 Å². The van der Waals surface area contributed by atoms with Crippen molar-refractivity contribution in [1.82, 2.24) is 5.32 Å². The van der Waals surface area contributed by atoms with Gasteiger partial charge in [-0.25, -0.2) is 0 Å². The number of benzene rings is 1. The van der Waals surface area contributed by atoms with Gasteiger partial charge in [0.05, 0.1) is 6.04 Å². The van der Waals surface area contributed by atoms with Crippen LogP contribution in [0.2, 0.25) is 0 Å². The quantitative estimate of drug-likeness (QED) is 0.657. The van der Waals surface area contributed by atoms with Crippen molar-refractivity contribution >= 4 is 22.6 Å². The molecule has 0 radical (unpaired) electrons. The first-order valence-corrected chi connectivity index (χ1v) is 8.99. The number of hydrogen-bond acceptors (Lipinski definition) is 2. The molecule has 2 aromatic rings. The van der Waals surface area contributed by atoms with Crippen molar-refractivity contribution in [2.24, 2.45) is 0 Å². The van der Waals surface area contributed by atoms with Gasteiger partial charge in [-0.2, -0.15) is 0 Å². The number of rotatable bonds is 3. The highest BCUT2D eigenvalue weighted by Crippen LogP contribution is 2.38. The average Bonchev–Trinajstić information content (AvgIpc) is 3.01. The minimum Gasteiger partial charge on any atom is -0.455 e. The van der Waals surface area contributed by atoms with Crippen molar-refractivity contribution in [2.75, 3.05) is 0 Å². The first-order chi connectivity index (χ1) is 12.1. The summed E-state index contributed by atoms with van der Waals surface area (Å²) in [5.74, 6) is 0.913. The molecule has 1 aliphatic rings. The molecule has 0 fully saturated rings. The Hall–Kier alpha value is -2.48. The van der Waals surface area contributed by atoms with E-state index < -0.39 is 0 Å². The van der Waals surface area contributed by atoms with Gasteiger partial charge < -0.3 is 9.73 Å². The molecule has 132 valence electrons. The van der Waals surface area contributed by atoms with Gasteiger partial charge in [0.1, 0.15) is 11.3 Å². The summed E-state index contributed by atoms with van der Waals surface area (Å²) in [5.41, 5.74) is 6.83. The molecule has 25 heavy (non-hydrogen) atoms. The van der Waals surface area contributed by atoms with Crippen molar-refractivity contribution in [2.45, 2.75) is 47.6 Å². The molecule has 1 unspecified atom stereocenters. The molecule has 0 bridgehead atoms. The smallest absolute Gasteiger partial charge is 0.141 e. The summed E-state index contributed by atoms with van der Waals surface area (Å²) < 4.78 is 6.31. The van der Waals surface area contributed by atoms with Crippen molar-refractivity contribution in [3.63, 3.8) is 0 Å². The summed E-state index contributed by atoms with van der Waals surface area (Å²) in [4.78, 5) is 0. The molecule has 0 saturated heterocycles. The average molecular weight is 335 g/mol. The fourth-order valence-corrected chi connectivity index (χ4v) is 3.13. The Morgan fingerprint density at radius 2 is 1.96 bits per heavy atom. The standard InChI is InChI=1S/C21H23NO.C2H6/c1-6-14(4)20-16(7-2)17-9-8-15(5)19(21(17)23-20)18-12-13(3)10-11-22-18;1-2/h6-12,18,22H,2H2,1,3-5H3;1-2H3/b14-6-;. The van der Waals surface area contributed by atoms with E-state index in [0.29, 0.717) is 0 Å². The first-order valence-electron chi connectivity index (χ1n) is 8.99. The third-order valence-corrected chi connectivity index (χ3v) is 4.51. The van der Waals surface area contributed by atoms with Gasteiger partial charge in [0.25, 0.3) is 0 Å². The maximum absolute atomic E-state index is 6.31. The Kier molecular flexibility index (Phi) is 6.08. The number of aryl methyl sites for hydroxylation is 1. The van der Waals surface area contributed by atoms with Crippen LogP contribution < -0.4 is 5.32 Å². The van der Waals surface area contributed by atoms with Crippen LogP contribution in [-0.2, 0) is 0 Å². The normalized spacial score (nSPS) is 16.8. The van der Waals surface area contributed by atoms with Gasteiger partial charge in [-0.15, -0.1) is 0 Å². The topological polar surface area (TPSA) is 25.2 Å². The number of hydrogen-bond donors (Lipinski definition) is 1. The van der Waals surface area contributed by atoms with E-state index in [4.69, 9.17) is 4.42 Å². The molecule has 1 atom stereocenters. The van der Waals surface area contributed by atoms with E-state index in [1.54, 1.807) is 0 Å². The Morgan fingerprint density at radius 3 is 2.56 bits per heavy atom. The molecule has 0 aliphatic carbocycles. The van der Waals surface area contributed by atoms with Crippen LogP contribution in [-0.4, -0.2) is 0 Å². The van der Waals surface area contributed by atoms with E-state index in [9.17, 15) is 0 Å². The van der Waals surface area contributed by atoms with Crippen molar-refractivity contribution in [3.05, 3.63) is 71.2 Å². The second kappa shape index (κ2) is 8.06. The van der Waals surface area contributed by atoms with E-state index >= 15 is 0 Å². The molecule has 1 N–H and O–H groups in total. The lowest BCUT2D eigenvalue weighted by molar-refractivity contribution is 0.586. The zero-order valence-corrected chi connectivity index (χ0v) is 16.2. The summed E-state index contributed by atoms with van der Waals surface area (Å²) in [6.07, 6.45) is 10.3. The van der Waals surface area contributed by atoms with Crippen LogP contribution in [0, 0.1) is 6.92 Å². The second-order valence-corrected chi connectivity index (χ2v) is 6.08. The van der Waals surface area contributed by atoms with Gasteiger partial charge in [-0.1, -0.05) is 56.4 Å². The van der Waals surface area contributed by atoms with E-state index in [2.05, 4.69) is 63.0 Å². The summed E-state index contributed by atoms with van der Waals surface area (Å²) in [6.45, 7) is 16.3. The lowest BCUT2D eigenvalue weighted by atomic mass is 9.95. The molecule has 0 saturated carbocycles. The van der Waals surface area contributed by atoms with Gasteiger partial charge in [-0.3, -0.25) is 0 Å². The Bertz CT molecular complexity index is 862. The van der Waals surface area contributed by atoms with Crippen molar-refractivity contribution in [3.8, 4) is 0 Å². The Balaban J connectivity index is 0.00000109. The third-order valence-electron chi connectivity index (χ3n) is 4.51. The van der Waals surface area contributed by atoms with Gasteiger partial charge >= 0.3 is 0 Å². The van der Waals surface area contributed by atoms with Crippen LogP contribution in [0.5, 0.6) is 0 Å². The van der Waals surface area contributed by atoms with E-state index in [-0.39, 0.29) is 6.04 Å². The largest absolute Gasteiger partial charge is 0.455 e. The second-order valence-electron chi connectivity index (χ2n) is 6.08. The van der Waals surface area contributed by atoms with Crippen LogP contribution >= 0.6 is 0 Å². The Morgan fingerprint density at radius 1 is 1.24 bits per heavy atom. The zero-order chi connectivity index (χ0) is 18.6. The van der Waals surface area contributed by atoms with Crippen LogP contribution in [0.25, 0.3) is 22.6 Å². The number of nitrogens with one attached hydrogen (secondary N) is 1. The molecular formula is C23H29NO. The highest BCUT2D eigenvalue weighted by molar-refractivity contribution is 5.94. The van der Waals surface area contributed by atoms with Gasteiger partial charge in [-0.05, 0) is 51.1 Å². The lowest BCUT2D eigenvalue weighted by Gasteiger charge is -2.20. The van der Waals surface area contributed by atoms with Crippen LogP contribution in [0.1, 0.15) is 63.1 Å².